The van der Waals surface area contributed by atoms with Gasteiger partial charge in [-0.05, 0) is 31.7 Å². The molecule has 0 amide bonds. The molecular formula is C14H23N3O2. The molecule has 1 aromatic heterocycles. The van der Waals surface area contributed by atoms with Crippen LogP contribution < -0.4 is 0 Å². The molecule has 1 atom stereocenters. The van der Waals surface area contributed by atoms with Crippen LogP contribution in [0.5, 0.6) is 0 Å². The van der Waals surface area contributed by atoms with Gasteiger partial charge in [0.05, 0.1) is 6.20 Å². The Hall–Kier alpha value is -1.36. The van der Waals surface area contributed by atoms with Crippen molar-refractivity contribution >= 4 is 5.97 Å². The Bertz CT molecular complexity index is 417. The van der Waals surface area contributed by atoms with E-state index in [0.29, 0.717) is 12.3 Å². The summed E-state index contributed by atoms with van der Waals surface area (Å²) in [6, 6.07) is 0. The number of carbonyl (C=O) groups is 1. The third-order valence-corrected chi connectivity index (χ3v) is 3.68. The van der Waals surface area contributed by atoms with Crippen molar-refractivity contribution in [2.45, 2.75) is 45.7 Å². The lowest BCUT2D eigenvalue weighted by atomic mass is 10.0. The lowest BCUT2D eigenvalue weighted by Gasteiger charge is -2.14. The maximum absolute atomic E-state index is 10.6. The van der Waals surface area contributed by atoms with Crippen LogP contribution in [0.3, 0.4) is 0 Å². The van der Waals surface area contributed by atoms with Crippen molar-refractivity contribution in [1.82, 2.24) is 14.7 Å². The summed E-state index contributed by atoms with van der Waals surface area (Å²) in [4.78, 5) is 13.0. The highest BCUT2D eigenvalue weighted by atomic mass is 16.4. The number of rotatable bonds is 7. The monoisotopic (exact) mass is 265 g/mol. The molecule has 2 rings (SSSR count). The van der Waals surface area contributed by atoms with Crippen LogP contribution in [-0.2, 0) is 17.9 Å². The van der Waals surface area contributed by atoms with Crippen molar-refractivity contribution in [3.63, 3.8) is 0 Å². The van der Waals surface area contributed by atoms with Crippen molar-refractivity contribution in [2.75, 3.05) is 13.1 Å². The molecule has 1 saturated heterocycles. The fraction of sp³-hybridized carbons (Fsp3) is 0.714. The van der Waals surface area contributed by atoms with Gasteiger partial charge in [0.15, 0.2) is 0 Å². The molecule has 0 aromatic carbocycles. The molecule has 0 bridgehead atoms. The first kappa shape index (κ1) is 14.1. The zero-order chi connectivity index (χ0) is 13.7. The normalized spacial score (nSPS) is 19.9. The fourth-order valence-corrected chi connectivity index (χ4v) is 2.72. The van der Waals surface area contributed by atoms with Crippen molar-refractivity contribution in [2.24, 2.45) is 5.92 Å². The molecule has 0 aliphatic carbocycles. The number of nitrogens with zero attached hydrogens (tertiary/aromatic N) is 3. The molecule has 2 heterocycles. The van der Waals surface area contributed by atoms with E-state index in [1.54, 1.807) is 0 Å². The van der Waals surface area contributed by atoms with E-state index < -0.39 is 5.97 Å². The van der Waals surface area contributed by atoms with Gasteiger partial charge in [-0.15, -0.1) is 0 Å². The molecular weight excluding hydrogens is 242 g/mol. The van der Waals surface area contributed by atoms with Crippen molar-refractivity contribution in [1.29, 1.82) is 0 Å². The molecule has 0 saturated carbocycles. The highest BCUT2D eigenvalue weighted by molar-refractivity contribution is 5.66. The largest absolute Gasteiger partial charge is 0.481 e. The maximum Gasteiger partial charge on any atom is 0.303 e. The number of likely N-dealkylation sites (tertiary alicyclic amines) is 1. The minimum absolute atomic E-state index is 0.299. The van der Waals surface area contributed by atoms with E-state index in [0.717, 1.165) is 45.4 Å². The van der Waals surface area contributed by atoms with E-state index in [-0.39, 0.29) is 0 Å². The molecule has 1 aromatic rings. The highest BCUT2D eigenvalue weighted by Gasteiger charge is 2.23. The van der Waals surface area contributed by atoms with Crippen LogP contribution in [0.2, 0.25) is 0 Å². The third-order valence-electron chi connectivity index (χ3n) is 3.68. The first-order valence-corrected chi connectivity index (χ1v) is 7.13. The van der Waals surface area contributed by atoms with Gasteiger partial charge in [0.25, 0.3) is 0 Å². The molecule has 1 aliphatic rings. The standard InChI is InChI=1S/C14H23N3O2/c1-2-6-17-11-13(8-15-17)10-16-7-5-12(9-16)3-4-14(18)19/h8,11-12H,2-7,9-10H2,1H3,(H,18,19). The Morgan fingerprint density at radius 1 is 1.58 bits per heavy atom. The molecule has 1 unspecified atom stereocenters. The van der Waals surface area contributed by atoms with Crippen molar-refractivity contribution in [3.05, 3.63) is 18.0 Å². The lowest BCUT2D eigenvalue weighted by molar-refractivity contribution is -0.137. The number of hydrogen-bond donors (Lipinski definition) is 1. The molecule has 1 fully saturated rings. The maximum atomic E-state index is 10.6. The summed E-state index contributed by atoms with van der Waals surface area (Å²) in [5.41, 5.74) is 1.26. The molecule has 0 radical (unpaired) electrons. The van der Waals surface area contributed by atoms with E-state index in [4.69, 9.17) is 5.11 Å². The summed E-state index contributed by atoms with van der Waals surface area (Å²) < 4.78 is 1.99. The van der Waals surface area contributed by atoms with Crippen LogP contribution >= 0.6 is 0 Å². The van der Waals surface area contributed by atoms with Gasteiger partial charge in [-0.25, -0.2) is 0 Å². The van der Waals surface area contributed by atoms with E-state index >= 15 is 0 Å². The highest BCUT2D eigenvalue weighted by Crippen LogP contribution is 2.22. The Balaban J connectivity index is 1.76. The summed E-state index contributed by atoms with van der Waals surface area (Å²) in [6.07, 6.45) is 7.39. The Labute approximate surface area is 114 Å². The van der Waals surface area contributed by atoms with Gasteiger partial charge in [0.2, 0.25) is 0 Å². The Morgan fingerprint density at radius 3 is 3.16 bits per heavy atom. The molecule has 106 valence electrons. The van der Waals surface area contributed by atoms with E-state index in [9.17, 15) is 4.79 Å². The molecule has 0 spiro atoms. The van der Waals surface area contributed by atoms with Crippen LogP contribution in [0.15, 0.2) is 12.4 Å². The molecule has 1 aliphatic heterocycles. The van der Waals surface area contributed by atoms with E-state index in [1.807, 2.05) is 10.9 Å². The Kier molecular flexibility index (Phi) is 4.96. The minimum Gasteiger partial charge on any atom is -0.481 e. The Morgan fingerprint density at radius 2 is 2.42 bits per heavy atom. The van der Waals surface area contributed by atoms with Crippen LogP contribution in [0.1, 0.15) is 38.2 Å². The van der Waals surface area contributed by atoms with Crippen LogP contribution in [-0.4, -0.2) is 38.8 Å². The number of carboxylic acid groups (broad SMARTS) is 1. The molecule has 1 N–H and O–H groups in total. The van der Waals surface area contributed by atoms with E-state index in [1.165, 1.54) is 5.56 Å². The quantitative estimate of drug-likeness (QED) is 0.819. The predicted molar refractivity (Wildman–Crippen MR) is 72.8 cm³/mol. The summed E-state index contributed by atoms with van der Waals surface area (Å²) in [5.74, 6) is -0.138. The van der Waals surface area contributed by atoms with Crippen molar-refractivity contribution in [3.8, 4) is 0 Å². The van der Waals surface area contributed by atoms with Gasteiger partial charge in [0.1, 0.15) is 0 Å². The molecule has 5 nitrogen and oxygen atoms in total. The van der Waals surface area contributed by atoms with Gasteiger partial charge >= 0.3 is 5.97 Å². The SMILES string of the molecule is CCCn1cc(CN2CCC(CCC(=O)O)C2)cn1. The van der Waals surface area contributed by atoms with Crippen LogP contribution in [0.4, 0.5) is 0 Å². The first-order chi connectivity index (χ1) is 9.17. The second kappa shape index (κ2) is 6.70. The number of aryl methyl sites for hydroxylation is 1. The molecule has 5 heteroatoms. The third kappa shape index (κ3) is 4.35. The lowest BCUT2D eigenvalue weighted by Crippen LogP contribution is -2.20. The zero-order valence-corrected chi connectivity index (χ0v) is 11.6. The summed E-state index contributed by atoms with van der Waals surface area (Å²) >= 11 is 0. The second-order valence-corrected chi connectivity index (χ2v) is 5.43. The zero-order valence-electron chi connectivity index (χ0n) is 11.6. The summed E-state index contributed by atoms with van der Waals surface area (Å²) in [7, 11) is 0. The smallest absolute Gasteiger partial charge is 0.303 e. The number of aromatic nitrogens is 2. The van der Waals surface area contributed by atoms with Gasteiger partial charge in [-0.2, -0.15) is 5.10 Å². The first-order valence-electron chi connectivity index (χ1n) is 7.13. The minimum atomic E-state index is -0.681. The van der Waals surface area contributed by atoms with Crippen molar-refractivity contribution < 1.29 is 9.90 Å². The van der Waals surface area contributed by atoms with Gasteiger partial charge < -0.3 is 5.11 Å². The number of hydrogen-bond acceptors (Lipinski definition) is 3. The van der Waals surface area contributed by atoms with Crippen LogP contribution in [0.25, 0.3) is 0 Å². The second-order valence-electron chi connectivity index (χ2n) is 5.43. The predicted octanol–water partition coefficient (Wildman–Crippen LogP) is 1.98. The number of aliphatic carboxylic acids is 1. The van der Waals surface area contributed by atoms with Crippen LogP contribution in [0, 0.1) is 5.92 Å². The van der Waals surface area contributed by atoms with Gasteiger partial charge in [-0.3, -0.25) is 14.4 Å². The average Bonchev–Trinajstić information content (AvgIpc) is 2.98. The van der Waals surface area contributed by atoms with Gasteiger partial charge in [-0.1, -0.05) is 6.92 Å². The van der Waals surface area contributed by atoms with E-state index in [2.05, 4.69) is 23.1 Å². The fourth-order valence-electron chi connectivity index (χ4n) is 2.72. The molecule has 19 heavy (non-hydrogen) atoms. The summed E-state index contributed by atoms with van der Waals surface area (Å²) in [5, 5.41) is 13.0. The summed E-state index contributed by atoms with van der Waals surface area (Å²) in [6.45, 7) is 6.15. The number of carboxylic acids is 1. The van der Waals surface area contributed by atoms with Gasteiger partial charge in [0, 0.05) is 37.8 Å². The topological polar surface area (TPSA) is 58.4 Å². The average molecular weight is 265 g/mol.